The van der Waals surface area contributed by atoms with Crippen molar-refractivity contribution >= 4 is 21.8 Å². The van der Waals surface area contributed by atoms with Crippen molar-refractivity contribution in [3.05, 3.63) is 28.7 Å². The molecule has 2 rings (SSSR count). The van der Waals surface area contributed by atoms with Gasteiger partial charge in [0.15, 0.2) is 0 Å². The Hall–Kier alpha value is -1.03. The molecule has 1 aromatic rings. The van der Waals surface area contributed by atoms with E-state index in [-0.39, 0.29) is 17.9 Å². The number of halogens is 1. The first-order valence-electron chi connectivity index (χ1n) is 5.77. The molecule has 0 aliphatic carbocycles. The minimum atomic E-state index is 0.0728. The molecule has 3 nitrogen and oxygen atoms in total. The maximum absolute atomic E-state index is 11.6. The fraction of sp³-hybridized carbons (Fsp3) is 0.462. The van der Waals surface area contributed by atoms with Crippen molar-refractivity contribution in [3.63, 3.8) is 0 Å². The van der Waals surface area contributed by atoms with Crippen LogP contribution in [0.3, 0.4) is 0 Å². The van der Waals surface area contributed by atoms with Crippen LogP contribution in [0.5, 0.6) is 5.75 Å². The Morgan fingerprint density at radius 1 is 1.35 bits per heavy atom. The summed E-state index contributed by atoms with van der Waals surface area (Å²) in [5.74, 6) is 1.14. The SMILES string of the molecule is CC(C)C(=O)N1CC(Oc2ccc(Br)cc2)C1. The van der Waals surface area contributed by atoms with Gasteiger partial charge in [-0.15, -0.1) is 0 Å². The van der Waals surface area contributed by atoms with Gasteiger partial charge in [-0.2, -0.15) is 0 Å². The molecule has 0 unspecified atom stereocenters. The zero-order chi connectivity index (χ0) is 12.4. The van der Waals surface area contributed by atoms with Crippen molar-refractivity contribution in [2.45, 2.75) is 20.0 Å². The zero-order valence-electron chi connectivity index (χ0n) is 10.0. The van der Waals surface area contributed by atoms with E-state index in [0.717, 1.165) is 10.2 Å². The lowest BCUT2D eigenvalue weighted by Crippen LogP contribution is -2.57. The highest BCUT2D eigenvalue weighted by atomic mass is 79.9. The van der Waals surface area contributed by atoms with Gasteiger partial charge in [-0.25, -0.2) is 0 Å². The number of nitrogens with zero attached hydrogens (tertiary/aromatic N) is 1. The first-order chi connectivity index (χ1) is 8.06. The summed E-state index contributed by atoms with van der Waals surface area (Å²) in [7, 11) is 0. The third-order valence-electron chi connectivity index (χ3n) is 2.77. The van der Waals surface area contributed by atoms with Gasteiger partial charge in [-0.3, -0.25) is 4.79 Å². The fourth-order valence-electron chi connectivity index (χ4n) is 1.76. The van der Waals surface area contributed by atoms with Crippen LogP contribution in [-0.2, 0) is 4.79 Å². The third-order valence-corrected chi connectivity index (χ3v) is 3.30. The molecule has 1 amide bonds. The Labute approximate surface area is 110 Å². The topological polar surface area (TPSA) is 29.5 Å². The average molecular weight is 298 g/mol. The largest absolute Gasteiger partial charge is 0.487 e. The van der Waals surface area contributed by atoms with E-state index in [2.05, 4.69) is 15.9 Å². The summed E-state index contributed by atoms with van der Waals surface area (Å²) in [5.41, 5.74) is 0. The Bertz CT molecular complexity index is 396. The molecular weight excluding hydrogens is 282 g/mol. The highest BCUT2D eigenvalue weighted by Gasteiger charge is 2.33. The molecule has 0 spiro atoms. The van der Waals surface area contributed by atoms with Crippen LogP contribution in [0, 0.1) is 5.92 Å². The Morgan fingerprint density at radius 2 is 1.94 bits per heavy atom. The predicted octanol–water partition coefficient (Wildman–Crippen LogP) is 2.69. The van der Waals surface area contributed by atoms with E-state index >= 15 is 0 Å². The molecule has 0 atom stereocenters. The molecule has 1 saturated heterocycles. The molecule has 1 fully saturated rings. The lowest BCUT2D eigenvalue weighted by Gasteiger charge is -2.39. The summed E-state index contributed by atoms with van der Waals surface area (Å²) in [4.78, 5) is 13.5. The van der Waals surface area contributed by atoms with Crippen LogP contribution < -0.4 is 4.74 Å². The van der Waals surface area contributed by atoms with Crippen molar-refractivity contribution in [1.82, 2.24) is 4.90 Å². The quantitative estimate of drug-likeness (QED) is 0.858. The molecule has 1 aliphatic heterocycles. The predicted molar refractivity (Wildman–Crippen MR) is 70.0 cm³/mol. The van der Waals surface area contributed by atoms with E-state index in [4.69, 9.17) is 4.74 Å². The standard InChI is InChI=1S/C13H16BrNO2/c1-9(2)13(16)15-7-12(8-15)17-11-5-3-10(14)4-6-11/h3-6,9,12H,7-8H2,1-2H3. The van der Waals surface area contributed by atoms with E-state index in [0.29, 0.717) is 13.1 Å². The van der Waals surface area contributed by atoms with Gasteiger partial charge in [0.1, 0.15) is 11.9 Å². The van der Waals surface area contributed by atoms with E-state index < -0.39 is 0 Å². The smallest absolute Gasteiger partial charge is 0.225 e. The van der Waals surface area contributed by atoms with E-state index in [1.165, 1.54) is 0 Å². The van der Waals surface area contributed by atoms with Gasteiger partial charge in [0.2, 0.25) is 5.91 Å². The van der Waals surface area contributed by atoms with Crippen molar-refractivity contribution in [2.75, 3.05) is 13.1 Å². The molecule has 0 radical (unpaired) electrons. The molecule has 4 heteroatoms. The molecule has 0 bridgehead atoms. The number of amides is 1. The van der Waals surface area contributed by atoms with Crippen molar-refractivity contribution in [3.8, 4) is 5.75 Å². The molecule has 0 aromatic heterocycles. The van der Waals surface area contributed by atoms with Gasteiger partial charge in [0, 0.05) is 10.4 Å². The molecule has 92 valence electrons. The molecule has 0 N–H and O–H groups in total. The third kappa shape index (κ3) is 3.00. The summed E-state index contributed by atoms with van der Waals surface area (Å²) in [6.45, 7) is 5.25. The average Bonchev–Trinajstić information content (AvgIpc) is 2.24. The summed E-state index contributed by atoms with van der Waals surface area (Å²) < 4.78 is 6.79. The van der Waals surface area contributed by atoms with Gasteiger partial charge < -0.3 is 9.64 Å². The number of rotatable bonds is 3. The monoisotopic (exact) mass is 297 g/mol. The minimum absolute atomic E-state index is 0.0728. The van der Waals surface area contributed by atoms with Crippen LogP contribution in [0.2, 0.25) is 0 Å². The number of hydrogen-bond acceptors (Lipinski definition) is 2. The number of ether oxygens (including phenoxy) is 1. The molecule has 1 aromatic carbocycles. The number of likely N-dealkylation sites (tertiary alicyclic amines) is 1. The summed E-state index contributed by atoms with van der Waals surface area (Å²) in [6, 6.07) is 7.75. The Balaban J connectivity index is 1.81. The zero-order valence-corrected chi connectivity index (χ0v) is 11.6. The first kappa shape index (κ1) is 12.4. The van der Waals surface area contributed by atoms with E-state index in [1.807, 2.05) is 43.0 Å². The Morgan fingerprint density at radius 3 is 2.47 bits per heavy atom. The summed E-state index contributed by atoms with van der Waals surface area (Å²) in [6.07, 6.45) is 0.138. The minimum Gasteiger partial charge on any atom is -0.487 e. The lowest BCUT2D eigenvalue weighted by atomic mass is 10.1. The van der Waals surface area contributed by atoms with E-state index in [1.54, 1.807) is 0 Å². The molecule has 1 heterocycles. The van der Waals surface area contributed by atoms with Crippen LogP contribution in [0.1, 0.15) is 13.8 Å². The van der Waals surface area contributed by atoms with E-state index in [9.17, 15) is 4.79 Å². The number of benzene rings is 1. The van der Waals surface area contributed by atoms with Crippen LogP contribution in [-0.4, -0.2) is 30.0 Å². The summed E-state index contributed by atoms with van der Waals surface area (Å²) in [5, 5.41) is 0. The van der Waals surface area contributed by atoms with Crippen LogP contribution in [0.4, 0.5) is 0 Å². The van der Waals surface area contributed by atoms with Gasteiger partial charge in [-0.1, -0.05) is 29.8 Å². The maximum atomic E-state index is 11.6. The first-order valence-corrected chi connectivity index (χ1v) is 6.56. The molecule has 17 heavy (non-hydrogen) atoms. The summed E-state index contributed by atoms with van der Waals surface area (Å²) >= 11 is 3.38. The number of carbonyl (C=O) groups excluding carboxylic acids is 1. The van der Waals surface area contributed by atoms with Crippen molar-refractivity contribution in [1.29, 1.82) is 0 Å². The second-order valence-corrected chi connectivity index (χ2v) is 5.51. The van der Waals surface area contributed by atoms with Crippen molar-refractivity contribution in [2.24, 2.45) is 5.92 Å². The highest BCUT2D eigenvalue weighted by molar-refractivity contribution is 9.10. The molecule has 1 aliphatic rings. The van der Waals surface area contributed by atoms with Gasteiger partial charge in [0.05, 0.1) is 13.1 Å². The van der Waals surface area contributed by atoms with Crippen LogP contribution >= 0.6 is 15.9 Å². The maximum Gasteiger partial charge on any atom is 0.225 e. The van der Waals surface area contributed by atoms with Gasteiger partial charge in [-0.05, 0) is 24.3 Å². The second-order valence-electron chi connectivity index (χ2n) is 4.59. The Kier molecular flexibility index (Phi) is 3.72. The van der Waals surface area contributed by atoms with Crippen molar-refractivity contribution < 1.29 is 9.53 Å². The number of carbonyl (C=O) groups is 1. The van der Waals surface area contributed by atoms with Gasteiger partial charge in [0.25, 0.3) is 0 Å². The second kappa shape index (κ2) is 5.08. The van der Waals surface area contributed by atoms with Gasteiger partial charge >= 0.3 is 0 Å². The number of hydrogen-bond donors (Lipinski definition) is 0. The normalized spacial score (nSPS) is 15.9. The van der Waals surface area contributed by atoms with Crippen LogP contribution in [0.15, 0.2) is 28.7 Å². The highest BCUT2D eigenvalue weighted by Crippen LogP contribution is 2.21. The molecular formula is C13H16BrNO2. The molecule has 0 saturated carbocycles. The van der Waals surface area contributed by atoms with Crippen LogP contribution in [0.25, 0.3) is 0 Å². The lowest BCUT2D eigenvalue weighted by molar-refractivity contribution is -0.143. The fourth-order valence-corrected chi connectivity index (χ4v) is 2.03.